The normalized spacial score (nSPS) is 12.8. The zero-order chi connectivity index (χ0) is 26.3. The van der Waals surface area contributed by atoms with Crippen molar-refractivity contribution in [3.05, 3.63) is 89.6 Å². The third kappa shape index (κ3) is 4.53. The molecule has 0 fully saturated rings. The molecule has 0 radical (unpaired) electrons. The highest BCUT2D eigenvalue weighted by Gasteiger charge is 2.24. The van der Waals surface area contributed by atoms with E-state index < -0.39 is 0 Å². The van der Waals surface area contributed by atoms with Gasteiger partial charge in [0, 0.05) is 6.04 Å². The Morgan fingerprint density at radius 2 is 1.47 bits per heavy atom. The van der Waals surface area contributed by atoms with E-state index in [0.717, 1.165) is 22.0 Å². The van der Waals surface area contributed by atoms with Crippen LogP contribution in [0.25, 0.3) is 33.2 Å². The number of nitrogens with zero attached hydrogens (tertiary/aromatic N) is 1. The van der Waals surface area contributed by atoms with Crippen molar-refractivity contribution >= 4 is 10.8 Å². The van der Waals surface area contributed by atoms with Gasteiger partial charge in [-0.25, -0.2) is 4.57 Å². The number of rotatable bonds is 6. The van der Waals surface area contributed by atoms with E-state index in [1.807, 2.05) is 17.7 Å². The second-order valence-electron chi connectivity index (χ2n) is 10.7. The summed E-state index contributed by atoms with van der Waals surface area (Å²) in [6.45, 7) is 15.8. The lowest BCUT2D eigenvalue weighted by Gasteiger charge is -2.25. The molecule has 34 heavy (non-hydrogen) atoms. The van der Waals surface area contributed by atoms with Crippen LogP contribution in [0.5, 0.6) is 0 Å². The minimum Gasteiger partial charge on any atom is -0.200 e. The lowest BCUT2D eigenvalue weighted by Crippen LogP contribution is -2.31. The van der Waals surface area contributed by atoms with Gasteiger partial charge in [0.15, 0.2) is 6.17 Å². The summed E-state index contributed by atoms with van der Waals surface area (Å²) in [5.41, 5.74) is 8.35. The first kappa shape index (κ1) is 21.6. The van der Waals surface area contributed by atoms with E-state index >= 15 is 0 Å². The van der Waals surface area contributed by atoms with E-state index in [-0.39, 0.29) is 6.17 Å². The Morgan fingerprint density at radius 3 is 2.09 bits per heavy atom. The first-order valence-corrected chi connectivity index (χ1v) is 12.7. The second-order valence-corrected chi connectivity index (χ2v) is 10.7. The molecule has 0 saturated heterocycles. The van der Waals surface area contributed by atoms with Gasteiger partial charge in [-0.05, 0) is 75.9 Å². The number of fused-ring (bicyclic) bond motifs is 1. The van der Waals surface area contributed by atoms with E-state index in [1.165, 1.54) is 27.8 Å². The standard InChI is InChI=1S/C33H40N/c1-21(2)30-19-28(25-12-10-9-11-13-25)20-31(24(30)7)33-29-15-14-27(32(22(3)4)23(5)6)18-26(29)16-17-34(33)8/h9-23,32H,1-8H3/q+1/i16D,17D. The Balaban J connectivity index is 2.07. The molecule has 4 rings (SSSR count). The van der Waals surface area contributed by atoms with Crippen molar-refractivity contribution in [1.82, 2.24) is 0 Å². The Bertz CT molecular complexity index is 1390. The number of benzene rings is 3. The molecule has 1 aromatic heterocycles. The molecule has 1 heterocycles. The van der Waals surface area contributed by atoms with Gasteiger partial charge in [-0.2, -0.15) is 0 Å². The Kier molecular flexibility index (Phi) is 6.19. The first-order valence-electron chi connectivity index (χ1n) is 13.7. The van der Waals surface area contributed by atoms with Crippen LogP contribution in [0, 0.1) is 18.8 Å². The molecule has 4 aromatic rings. The predicted molar refractivity (Wildman–Crippen MR) is 147 cm³/mol. The maximum atomic E-state index is 8.87. The molecule has 0 aliphatic carbocycles. The van der Waals surface area contributed by atoms with Crippen molar-refractivity contribution in [3.8, 4) is 22.4 Å². The van der Waals surface area contributed by atoms with E-state index in [4.69, 9.17) is 2.74 Å². The number of aromatic nitrogens is 1. The van der Waals surface area contributed by atoms with Crippen LogP contribution in [-0.2, 0) is 7.05 Å². The van der Waals surface area contributed by atoms with Crippen molar-refractivity contribution in [1.29, 1.82) is 0 Å². The number of pyridine rings is 1. The summed E-state index contributed by atoms with van der Waals surface area (Å²) in [6.07, 6.45) is 0.246. The number of hydrogen-bond acceptors (Lipinski definition) is 0. The van der Waals surface area contributed by atoms with Gasteiger partial charge in [0.2, 0.25) is 5.69 Å². The third-order valence-electron chi connectivity index (χ3n) is 7.25. The van der Waals surface area contributed by atoms with Crippen LogP contribution in [0.4, 0.5) is 0 Å². The first-order chi connectivity index (χ1) is 17.0. The van der Waals surface area contributed by atoms with Gasteiger partial charge in [0.05, 0.1) is 12.3 Å². The van der Waals surface area contributed by atoms with Crippen LogP contribution >= 0.6 is 0 Å². The molecule has 0 aliphatic rings. The summed E-state index contributed by atoms with van der Waals surface area (Å²) in [7, 11) is 1.93. The van der Waals surface area contributed by atoms with Crippen LogP contribution in [-0.4, -0.2) is 0 Å². The maximum absolute atomic E-state index is 8.87. The molecular formula is C33H40N+. The molecule has 176 valence electrons. The number of hydrogen-bond donors (Lipinski definition) is 0. The molecular weight excluding hydrogens is 410 g/mol. The molecule has 1 heteroatoms. The van der Waals surface area contributed by atoms with Gasteiger partial charge < -0.3 is 0 Å². The van der Waals surface area contributed by atoms with Gasteiger partial charge in [0.25, 0.3) is 0 Å². The van der Waals surface area contributed by atoms with Gasteiger partial charge in [-0.15, -0.1) is 0 Å². The largest absolute Gasteiger partial charge is 0.220 e. The van der Waals surface area contributed by atoms with Crippen LogP contribution < -0.4 is 4.57 Å². The molecule has 0 unspecified atom stereocenters. The Hall–Kier alpha value is -2.93. The van der Waals surface area contributed by atoms with Crippen molar-refractivity contribution < 1.29 is 7.31 Å². The summed E-state index contributed by atoms with van der Waals surface area (Å²) < 4.78 is 19.6. The smallest absolute Gasteiger partial charge is 0.200 e. The van der Waals surface area contributed by atoms with E-state index in [1.54, 1.807) is 0 Å². The SMILES string of the molecule is [2H]c1c([2H])[n+](C)c(-c2cc(-c3ccccc3)cc(C(C)C)c2C)c2ccc(C(C(C)C)C(C)C)cc12. The van der Waals surface area contributed by atoms with Crippen molar-refractivity contribution in [3.63, 3.8) is 0 Å². The van der Waals surface area contributed by atoms with Crippen LogP contribution in [0.15, 0.2) is 72.9 Å². The molecule has 0 atom stereocenters. The maximum Gasteiger partial charge on any atom is 0.220 e. The highest BCUT2D eigenvalue weighted by molar-refractivity contribution is 5.95. The molecule has 0 amide bonds. The lowest BCUT2D eigenvalue weighted by atomic mass is 9.79. The van der Waals surface area contributed by atoms with Gasteiger partial charge in [0.1, 0.15) is 8.42 Å². The van der Waals surface area contributed by atoms with Crippen LogP contribution in [0.1, 0.15) is 72.8 Å². The van der Waals surface area contributed by atoms with Gasteiger partial charge in [-0.3, -0.25) is 0 Å². The molecule has 0 bridgehead atoms. The quantitative estimate of drug-likeness (QED) is 0.257. The van der Waals surface area contributed by atoms with Crippen LogP contribution in [0.2, 0.25) is 0 Å². The zero-order valence-corrected chi connectivity index (χ0v) is 22.0. The monoisotopic (exact) mass is 452 g/mol. The highest BCUT2D eigenvalue weighted by Crippen LogP contribution is 2.38. The minimum atomic E-state index is 0.246. The molecule has 0 saturated carbocycles. The molecule has 1 nitrogen and oxygen atoms in total. The summed E-state index contributed by atoms with van der Waals surface area (Å²) in [4.78, 5) is 0. The second kappa shape index (κ2) is 9.74. The van der Waals surface area contributed by atoms with Crippen LogP contribution in [0.3, 0.4) is 0 Å². The van der Waals surface area contributed by atoms with Crippen molar-refractivity contribution in [2.75, 3.05) is 0 Å². The molecule has 0 N–H and O–H groups in total. The lowest BCUT2D eigenvalue weighted by molar-refractivity contribution is -0.659. The summed E-state index contributed by atoms with van der Waals surface area (Å²) in [6, 6.07) is 22.0. The van der Waals surface area contributed by atoms with Crippen molar-refractivity contribution in [2.45, 2.75) is 60.3 Å². The minimum absolute atomic E-state index is 0.246. The fraction of sp³-hybridized carbons (Fsp3) is 0.364. The average Bonchev–Trinajstić information content (AvgIpc) is 2.84. The van der Waals surface area contributed by atoms with Gasteiger partial charge in [-0.1, -0.05) is 90.1 Å². The summed E-state index contributed by atoms with van der Waals surface area (Å²) in [5, 5.41) is 1.91. The average molecular weight is 453 g/mol. The van der Waals surface area contributed by atoms with E-state index in [2.05, 4.69) is 103 Å². The third-order valence-corrected chi connectivity index (χ3v) is 7.25. The van der Waals surface area contributed by atoms with Crippen molar-refractivity contribution in [2.24, 2.45) is 18.9 Å². The summed E-state index contributed by atoms with van der Waals surface area (Å²) in [5.74, 6) is 1.80. The highest BCUT2D eigenvalue weighted by atomic mass is 14.9. The van der Waals surface area contributed by atoms with Gasteiger partial charge >= 0.3 is 0 Å². The Labute approximate surface area is 209 Å². The van der Waals surface area contributed by atoms with E-state index in [0.29, 0.717) is 29.7 Å². The molecule has 0 spiro atoms. The zero-order valence-electron chi connectivity index (χ0n) is 24.0. The topological polar surface area (TPSA) is 3.88 Å². The molecule has 3 aromatic carbocycles. The fourth-order valence-corrected chi connectivity index (χ4v) is 5.70. The summed E-state index contributed by atoms with van der Waals surface area (Å²) >= 11 is 0. The fourth-order valence-electron chi connectivity index (χ4n) is 5.70. The Morgan fingerprint density at radius 1 is 0.794 bits per heavy atom. The predicted octanol–water partition coefficient (Wildman–Crippen LogP) is 8.83. The molecule has 0 aliphatic heterocycles. The van der Waals surface area contributed by atoms with E-state index in [9.17, 15) is 0 Å².